The molecular weight excluding hydrogens is 420 g/mol. The third kappa shape index (κ3) is 7.78. The molecule has 0 saturated carbocycles. The molecule has 2 rings (SSSR count). The van der Waals surface area contributed by atoms with E-state index < -0.39 is 29.6 Å². The maximum Gasteiger partial charge on any atom is 0.319 e. The van der Waals surface area contributed by atoms with E-state index in [4.69, 9.17) is 9.47 Å². The third-order valence-corrected chi connectivity index (χ3v) is 5.20. The fourth-order valence-corrected chi connectivity index (χ4v) is 3.10. The number of benzene rings is 2. The van der Waals surface area contributed by atoms with Crippen molar-refractivity contribution in [3.05, 3.63) is 59.7 Å². The van der Waals surface area contributed by atoms with Gasteiger partial charge in [-0.05, 0) is 38.1 Å². The van der Waals surface area contributed by atoms with Gasteiger partial charge in [-0.2, -0.15) is 0 Å². The van der Waals surface area contributed by atoms with E-state index in [-0.39, 0.29) is 17.2 Å². The maximum atomic E-state index is 12.2. The van der Waals surface area contributed by atoms with Crippen LogP contribution in [0.5, 0.6) is 5.75 Å². The predicted molar refractivity (Wildman–Crippen MR) is 118 cm³/mol. The minimum atomic E-state index is -0.765. The average molecular weight is 445 g/mol. The van der Waals surface area contributed by atoms with Gasteiger partial charge in [0.2, 0.25) is 5.91 Å². The summed E-state index contributed by atoms with van der Waals surface area (Å²) in [5, 5.41) is 4.21. The molecule has 31 heavy (non-hydrogen) atoms. The highest BCUT2D eigenvalue weighted by Gasteiger charge is 2.20. The van der Waals surface area contributed by atoms with Crippen LogP contribution in [0, 0.1) is 6.92 Å². The number of hydrogen-bond donors (Lipinski definition) is 2. The number of thioether (sulfide) groups is 1. The first-order valence-electron chi connectivity index (χ1n) is 9.42. The SMILES string of the molecule is COc1ccccc1C(=O)NC(=O)COC(=O)C(C)SCC(=O)Nc1ccc(C)cc1. The number of carbonyl (C=O) groups is 4. The maximum absolute atomic E-state index is 12.2. The molecule has 1 atom stereocenters. The Kier molecular flexibility index (Phi) is 9.08. The molecule has 164 valence electrons. The summed E-state index contributed by atoms with van der Waals surface area (Å²) in [6.07, 6.45) is 0. The van der Waals surface area contributed by atoms with Gasteiger partial charge in [0.1, 0.15) is 11.0 Å². The van der Waals surface area contributed by atoms with E-state index in [1.54, 1.807) is 37.3 Å². The number of amides is 3. The number of hydrogen-bond acceptors (Lipinski definition) is 7. The first kappa shape index (κ1) is 23.9. The zero-order chi connectivity index (χ0) is 22.8. The quantitative estimate of drug-likeness (QED) is 0.572. The summed E-state index contributed by atoms with van der Waals surface area (Å²) in [4.78, 5) is 48.1. The summed E-state index contributed by atoms with van der Waals surface area (Å²) in [5.41, 5.74) is 1.94. The molecule has 0 saturated heterocycles. The third-order valence-electron chi connectivity index (χ3n) is 4.08. The Balaban J connectivity index is 1.73. The molecule has 0 aliphatic heterocycles. The standard InChI is InChI=1S/C22H24N2O6S/c1-14-8-10-16(11-9-14)23-20(26)13-31-15(2)22(28)30-12-19(25)24-21(27)17-6-4-5-7-18(17)29-3/h4-11,15H,12-13H2,1-3H3,(H,23,26)(H,24,25,27). The van der Waals surface area contributed by atoms with Crippen LogP contribution in [0.25, 0.3) is 0 Å². The van der Waals surface area contributed by atoms with Crippen LogP contribution in [0.4, 0.5) is 5.69 Å². The average Bonchev–Trinajstić information content (AvgIpc) is 2.77. The van der Waals surface area contributed by atoms with Gasteiger partial charge in [0, 0.05) is 5.69 Å². The number of esters is 1. The second kappa shape index (κ2) is 11.8. The number of nitrogens with one attached hydrogen (secondary N) is 2. The lowest BCUT2D eigenvalue weighted by Crippen LogP contribution is -2.35. The Morgan fingerprint density at radius 1 is 1.00 bits per heavy atom. The molecular formula is C22H24N2O6S. The van der Waals surface area contributed by atoms with Crippen LogP contribution in [-0.4, -0.2) is 48.4 Å². The van der Waals surface area contributed by atoms with Crippen LogP contribution in [0.15, 0.2) is 48.5 Å². The van der Waals surface area contributed by atoms with E-state index in [0.29, 0.717) is 11.4 Å². The van der Waals surface area contributed by atoms with Crippen LogP contribution in [-0.2, 0) is 19.1 Å². The Bertz CT molecular complexity index is 945. The van der Waals surface area contributed by atoms with E-state index in [0.717, 1.165) is 17.3 Å². The van der Waals surface area contributed by atoms with Crippen molar-refractivity contribution in [2.75, 3.05) is 24.8 Å². The van der Waals surface area contributed by atoms with Crippen molar-refractivity contribution >= 4 is 41.1 Å². The molecule has 2 aromatic carbocycles. The number of anilines is 1. The molecule has 9 heteroatoms. The lowest BCUT2D eigenvalue weighted by atomic mass is 10.2. The fourth-order valence-electron chi connectivity index (χ4n) is 2.42. The number of carbonyl (C=O) groups excluding carboxylic acids is 4. The molecule has 8 nitrogen and oxygen atoms in total. The van der Waals surface area contributed by atoms with E-state index in [1.165, 1.54) is 13.2 Å². The first-order valence-corrected chi connectivity index (χ1v) is 10.5. The van der Waals surface area contributed by atoms with Gasteiger partial charge < -0.3 is 14.8 Å². The molecule has 0 radical (unpaired) electrons. The van der Waals surface area contributed by atoms with Crippen LogP contribution in [0.2, 0.25) is 0 Å². The highest BCUT2D eigenvalue weighted by atomic mass is 32.2. The van der Waals surface area contributed by atoms with E-state index in [9.17, 15) is 19.2 Å². The minimum absolute atomic E-state index is 0.0443. The molecule has 0 bridgehead atoms. The highest BCUT2D eigenvalue weighted by Crippen LogP contribution is 2.17. The lowest BCUT2D eigenvalue weighted by molar-refractivity contribution is -0.147. The summed E-state index contributed by atoms with van der Waals surface area (Å²) < 4.78 is 10.0. The normalized spacial score (nSPS) is 11.2. The summed E-state index contributed by atoms with van der Waals surface area (Å²) >= 11 is 1.08. The molecule has 0 aromatic heterocycles. The number of rotatable bonds is 9. The van der Waals surface area contributed by atoms with Crippen molar-refractivity contribution < 1.29 is 28.7 Å². The van der Waals surface area contributed by atoms with Gasteiger partial charge in [0.25, 0.3) is 11.8 Å². The Morgan fingerprint density at radius 2 is 1.68 bits per heavy atom. The Morgan fingerprint density at radius 3 is 2.35 bits per heavy atom. The van der Waals surface area contributed by atoms with Crippen molar-refractivity contribution in [1.82, 2.24) is 5.32 Å². The van der Waals surface area contributed by atoms with E-state index in [1.807, 2.05) is 19.1 Å². The molecule has 0 fully saturated rings. The smallest absolute Gasteiger partial charge is 0.319 e. The van der Waals surface area contributed by atoms with E-state index >= 15 is 0 Å². The monoisotopic (exact) mass is 444 g/mol. The van der Waals surface area contributed by atoms with Gasteiger partial charge in [0.15, 0.2) is 6.61 Å². The summed E-state index contributed by atoms with van der Waals surface area (Å²) in [5.74, 6) is -1.98. The zero-order valence-corrected chi connectivity index (χ0v) is 18.3. The number of ether oxygens (including phenoxy) is 2. The van der Waals surface area contributed by atoms with Crippen molar-refractivity contribution in [3.63, 3.8) is 0 Å². The lowest BCUT2D eigenvalue weighted by Gasteiger charge is -2.12. The number of imide groups is 1. The van der Waals surface area contributed by atoms with Crippen LogP contribution < -0.4 is 15.4 Å². The molecule has 2 aromatic rings. The van der Waals surface area contributed by atoms with Crippen molar-refractivity contribution in [1.29, 1.82) is 0 Å². The van der Waals surface area contributed by atoms with Gasteiger partial charge in [-0.1, -0.05) is 29.8 Å². The molecule has 0 spiro atoms. The zero-order valence-electron chi connectivity index (χ0n) is 17.5. The second-order valence-electron chi connectivity index (χ2n) is 6.55. The highest BCUT2D eigenvalue weighted by molar-refractivity contribution is 8.01. The first-order chi connectivity index (χ1) is 14.8. The summed E-state index contributed by atoms with van der Waals surface area (Å²) in [7, 11) is 1.41. The fraction of sp³-hybridized carbons (Fsp3) is 0.273. The van der Waals surface area contributed by atoms with Gasteiger partial charge >= 0.3 is 5.97 Å². The van der Waals surface area contributed by atoms with Crippen molar-refractivity contribution in [2.45, 2.75) is 19.1 Å². The number of aryl methyl sites for hydroxylation is 1. The van der Waals surface area contributed by atoms with Gasteiger partial charge in [-0.25, -0.2) is 0 Å². The van der Waals surface area contributed by atoms with Crippen molar-refractivity contribution in [2.24, 2.45) is 0 Å². The number of methoxy groups -OCH3 is 1. The molecule has 0 heterocycles. The van der Waals surface area contributed by atoms with Crippen molar-refractivity contribution in [3.8, 4) is 5.75 Å². The predicted octanol–water partition coefficient (Wildman–Crippen LogP) is 2.56. The largest absolute Gasteiger partial charge is 0.496 e. The Hall–Kier alpha value is -3.33. The number of para-hydroxylation sites is 1. The molecule has 1 unspecified atom stereocenters. The van der Waals surface area contributed by atoms with Crippen LogP contribution in [0.1, 0.15) is 22.8 Å². The van der Waals surface area contributed by atoms with Crippen LogP contribution >= 0.6 is 11.8 Å². The topological polar surface area (TPSA) is 111 Å². The molecule has 0 aliphatic carbocycles. The second-order valence-corrected chi connectivity index (χ2v) is 7.88. The summed E-state index contributed by atoms with van der Waals surface area (Å²) in [6, 6.07) is 13.8. The summed E-state index contributed by atoms with van der Waals surface area (Å²) in [6.45, 7) is 2.91. The van der Waals surface area contributed by atoms with Gasteiger partial charge in [0.05, 0.1) is 18.4 Å². The van der Waals surface area contributed by atoms with E-state index in [2.05, 4.69) is 10.6 Å². The Labute approximate surface area is 184 Å². The molecule has 0 aliphatic rings. The van der Waals surface area contributed by atoms with Gasteiger partial charge in [-0.3, -0.25) is 24.5 Å². The van der Waals surface area contributed by atoms with Gasteiger partial charge in [-0.15, -0.1) is 11.8 Å². The molecule has 3 amide bonds. The molecule has 2 N–H and O–H groups in total. The minimum Gasteiger partial charge on any atom is -0.496 e. The van der Waals surface area contributed by atoms with Crippen LogP contribution in [0.3, 0.4) is 0 Å².